The van der Waals surface area contributed by atoms with E-state index in [-0.39, 0.29) is 0 Å². The van der Waals surface area contributed by atoms with Crippen LogP contribution in [-0.2, 0) is 0 Å². The highest BCUT2D eigenvalue weighted by Gasteiger charge is 2.07. The molecule has 1 N–H and O–H groups in total. The Morgan fingerprint density at radius 2 is 2.27 bits per heavy atom. The largest absolute Gasteiger partial charge is 0.387 e. The molecule has 0 saturated carbocycles. The number of hydrogen-bond acceptors (Lipinski definition) is 3. The Morgan fingerprint density at radius 3 is 2.87 bits per heavy atom. The number of aliphatic hydroxyl groups is 1. The summed E-state index contributed by atoms with van der Waals surface area (Å²) in [6, 6.07) is 7.71. The van der Waals surface area contributed by atoms with Gasteiger partial charge in [0.15, 0.2) is 0 Å². The summed E-state index contributed by atoms with van der Waals surface area (Å²) in [5, 5.41) is 17.1. The topological polar surface area (TPSA) is 50.9 Å². The predicted octanol–water partition coefficient (Wildman–Crippen LogP) is 2.08. The number of aromatic nitrogens is 3. The van der Waals surface area contributed by atoms with Crippen LogP contribution in [0.3, 0.4) is 0 Å². The molecule has 4 nitrogen and oxygen atoms in total. The average Bonchev–Trinajstić information content (AvgIpc) is 2.66. The quantitative estimate of drug-likeness (QED) is 0.907. The number of nitrogens with zero attached hydrogens (tertiary/aromatic N) is 3. The summed E-state index contributed by atoms with van der Waals surface area (Å²) in [6.45, 7) is 1.66. The second-order valence-electron chi connectivity index (χ2n) is 3.24. The van der Waals surface area contributed by atoms with Crippen LogP contribution >= 0.6 is 15.9 Å². The number of rotatable bonds is 2. The van der Waals surface area contributed by atoms with Gasteiger partial charge in [0.05, 0.1) is 18.0 Å². The Balaban J connectivity index is 2.37. The molecule has 0 aliphatic rings. The maximum Gasteiger partial charge on any atom is 0.111 e. The number of benzene rings is 1. The molecule has 0 fully saturated rings. The van der Waals surface area contributed by atoms with Crippen molar-refractivity contribution >= 4 is 15.9 Å². The van der Waals surface area contributed by atoms with Crippen molar-refractivity contribution in [1.29, 1.82) is 0 Å². The lowest BCUT2D eigenvalue weighted by Gasteiger charge is -1.99. The van der Waals surface area contributed by atoms with E-state index in [0.717, 1.165) is 10.2 Å². The fourth-order valence-electron chi connectivity index (χ4n) is 1.21. The molecule has 0 aliphatic carbocycles. The molecule has 78 valence electrons. The smallest absolute Gasteiger partial charge is 0.111 e. The summed E-state index contributed by atoms with van der Waals surface area (Å²) < 4.78 is 2.61. The minimum Gasteiger partial charge on any atom is -0.387 e. The highest BCUT2D eigenvalue weighted by Crippen LogP contribution is 2.16. The Kier molecular flexibility index (Phi) is 2.83. The number of halogens is 1. The van der Waals surface area contributed by atoms with Gasteiger partial charge in [-0.1, -0.05) is 27.2 Å². The summed E-state index contributed by atoms with van der Waals surface area (Å²) in [6.07, 6.45) is 1.12. The van der Waals surface area contributed by atoms with Crippen molar-refractivity contribution in [2.24, 2.45) is 0 Å². The first-order valence-corrected chi connectivity index (χ1v) is 5.32. The minimum atomic E-state index is -0.592. The molecule has 1 aromatic carbocycles. The van der Waals surface area contributed by atoms with Gasteiger partial charge in [-0.3, -0.25) is 0 Å². The van der Waals surface area contributed by atoms with E-state index in [0.29, 0.717) is 5.69 Å². The lowest BCUT2D eigenvalue weighted by atomic mass is 10.3. The maximum atomic E-state index is 9.31. The monoisotopic (exact) mass is 267 g/mol. The zero-order valence-corrected chi connectivity index (χ0v) is 9.72. The Labute approximate surface area is 95.7 Å². The van der Waals surface area contributed by atoms with Gasteiger partial charge in [0.2, 0.25) is 0 Å². The average molecular weight is 268 g/mol. The van der Waals surface area contributed by atoms with E-state index in [1.54, 1.807) is 17.8 Å². The fraction of sp³-hybridized carbons (Fsp3) is 0.200. The summed E-state index contributed by atoms with van der Waals surface area (Å²) in [5.41, 5.74) is 1.47. The number of aliphatic hydroxyl groups excluding tert-OH is 1. The van der Waals surface area contributed by atoms with Crippen molar-refractivity contribution in [1.82, 2.24) is 15.0 Å². The van der Waals surface area contributed by atoms with Gasteiger partial charge in [-0.25, -0.2) is 4.68 Å². The molecular weight excluding hydrogens is 258 g/mol. The summed E-state index contributed by atoms with van der Waals surface area (Å²) >= 11 is 3.38. The van der Waals surface area contributed by atoms with E-state index in [1.807, 2.05) is 24.3 Å². The van der Waals surface area contributed by atoms with E-state index < -0.39 is 6.10 Å². The van der Waals surface area contributed by atoms with Gasteiger partial charge in [0.1, 0.15) is 5.69 Å². The molecule has 5 heteroatoms. The second kappa shape index (κ2) is 4.12. The van der Waals surface area contributed by atoms with Crippen LogP contribution in [0, 0.1) is 0 Å². The van der Waals surface area contributed by atoms with Crippen molar-refractivity contribution < 1.29 is 5.11 Å². The third-order valence-corrected chi connectivity index (χ3v) is 2.51. The molecule has 15 heavy (non-hydrogen) atoms. The summed E-state index contributed by atoms with van der Waals surface area (Å²) in [5.74, 6) is 0. The second-order valence-corrected chi connectivity index (χ2v) is 4.16. The first kappa shape index (κ1) is 10.3. The zero-order valence-electron chi connectivity index (χ0n) is 8.13. The maximum absolute atomic E-state index is 9.31. The molecule has 1 heterocycles. The molecule has 0 saturated heterocycles. The standard InChI is InChI=1S/C10H10BrN3O/c1-7(15)10-6-14(13-12-10)9-4-2-3-8(11)5-9/h2-7,15H,1H3. The lowest BCUT2D eigenvalue weighted by molar-refractivity contribution is 0.194. The van der Waals surface area contributed by atoms with Gasteiger partial charge in [0.25, 0.3) is 0 Å². The molecule has 1 atom stereocenters. The summed E-state index contributed by atoms with van der Waals surface area (Å²) in [7, 11) is 0. The van der Waals surface area contributed by atoms with Crippen molar-refractivity contribution in [3.8, 4) is 5.69 Å². The van der Waals surface area contributed by atoms with Gasteiger partial charge >= 0.3 is 0 Å². The Hall–Kier alpha value is -1.20. The highest BCUT2D eigenvalue weighted by molar-refractivity contribution is 9.10. The van der Waals surface area contributed by atoms with Crippen molar-refractivity contribution in [2.45, 2.75) is 13.0 Å². The van der Waals surface area contributed by atoms with E-state index in [4.69, 9.17) is 0 Å². The molecule has 2 rings (SSSR count). The molecule has 0 bridgehead atoms. The van der Waals surface area contributed by atoms with Crippen LogP contribution in [0.4, 0.5) is 0 Å². The van der Waals surface area contributed by atoms with Gasteiger partial charge in [-0.15, -0.1) is 5.10 Å². The zero-order chi connectivity index (χ0) is 10.8. The van der Waals surface area contributed by atoms with Crippen LogP contribution in [0.1, 0.15) is 18.7 Å². The van der Waals surface area contributed by atoms with Crippen LogP contribution < -0.4 is 0 Å². The molecule has 0 radical (unpaired) electrons. The molecule has 0 spiro atoms. The van der Waals surface area contributed by atoms with Crippen molar-refractivity contribution in [2.75, 3.05) is 0 Å². The molecule has 2 aromatic rings. The van der Waals surface area contributed by atoms with Crippen LogP contribution in [0.5, 0.6) is 0 Å². The van der Waals surface area contributed by atoms with Crippen LogP contribution in [0.25, 0.3) is 5.69 Å². The summed E-state index contributed by atoms with van der Waals surface area (Å²) in [4.78, 5) is 0. The first-order valence-electron chi connectivity index (χ1n) is 4.53. The van der Waals surface area contributed by atoms with E-state index in [9.17, 15) is 5.11 Å². The van der Waals surface area contributed by atoms with Gasteiger partial charge < -0.3 is 5.11 Å². The predicted molar refractivity (Wildman–Crippen MR) is 59.7 cm³/mol. The Bertz CT molecular complexity index is 467. The van der Waals surface area contributed by atoms with E-state index in [1.165, 1.54) is 0 Å². The van der Waals surface area contributed by atoms with Crippen LogP contribution in [-0.4, -0.2) is 20.1 Å². The molecule has 0 aliphatic heterocycles. The molecular formula is C10H10BrN3O. The van der Waals surface area contributed by atoms with Gasteiger partial charge in [-0.05, 0) is 25.1 Å². The Morgan fingerprint density at radius 1 is 1.47 bits per heavy atom. The van der Waals surface area contributed by atoms with Crippen LogP contribution in [0.2, 0.25) is 0 Å². The SMILES string of the molecule is CC(O)c1cn(-c2cccc(Br)c2)nn1. The number of hydrogen-bond donors (Lipinski definition) is 1. The fourth-order valence-corrected chi connectivity index (χ4v) is 1.60. The molecule has 0 amide bonds. The highest BCUT2D eigenvalue weighted by atomic mass is 79.9. The first-order chi connectivity index (χ1) is 7.16. The third kappa shape index (κ3) is 2.24. The normalized spacial score (nSPS) is 12.7. The van der Waals surface area contributed by atoms with Gasteiger partial charge in [-0.2, -0.15) is 0 Å². The lowest BCUT2D eigenvalue weighted by Crippen LogP contribution is -1.94. The molecule has 1 unspecified atom stereocenters. The van der Waals surface area contributed by atoms with Gasteiger partial charge in [0, 0.05) is 4.47 Å². The molecule has 1 aromatic heterocycles. The van der Waals surface area contributed by atoms with E-state index >= 15 is 0 Å². The third-order valence-electron chi connectivity index (χ3n) is 2.01. The van der Waals surface area contributed by atoms with Crippen molar-refractivity contribution in [3.63, 3.8) is 0 Å². The van der Waals surface area contributed by atoms with Crippen molar-refractivity contribution in [3.05, 3.63) is 40.6 Å². The van der Waals surface area contributed by atoms with E-state index in [2.05, 4.69) is 26.2 Å². The minimum absolute atomic E-state index is 0.565. The van der Waals surface area contributed by atoms with Crippen LogP contribution in [0.15, 0.2) is 34.9 Å².